The van der Waals surface area contributed by atoms with Gasteiger partial charge in [0.2, 0.25) is 5.91 Å². The minimum Gasteiger partial charge on any atom is -0.403 e. The van der Waals surface area contributed by atoms with Gasteiger partial charge in [-0.1, -0.05) is 38.8 Å². The van der Waals surface area contributed by atoms with E-state index in [2.05, 4.69) is 33.6 Å². The number of amides is 1. The Morgan fingerprint density at radius 2 is 1.21 bits per heavy atom. The summed E-state index contributed by atoms with van der Waals surface area (Å²) in [6.07, 6.45) is 16.0. The number of carbonyl (C=O) groups is 2. The zero-order valence-electron chi connectivity index (χ0n) is 24.7. The van der Waals surface area contributed by atoms with Gasteiger partial charge in [-0.05, 0) is 89.4 Å². The number of nitrogens with zero attached hydrogens (tertiary/aromatic N) is 2. The maximum atomic E-state index is 12.2. The van der Waals surface area contributed by atoms with Gasteiger partial charge in [-0.3, -0.25) is 9.59 Å². The summed E-state index contributed by atoms with van der Waals surface area (Å²) >= 11 is 0. The van der Waals surface area contributed by atoms with Crippen molar-refractivity contribution in [2.45, 2.75) is 96.3 Å². The van der Waals surface area contributed by atoms with Crippen molar-refractivity contribution in [2.24, 2.45) is 23.3 Å². The van der Waals surface area contributed by atoms with Gasteiger partial charge in [0, 0.05) is 51.1 Å². The lowest BCUT2D eigenvalue weighted by Gasteiger charge is -2.33. The Kier molecular flexibility index (Phi) is 16.9. The minimum absolute atomic E-state index is 0.141. The van der Waals surface area contributed by atoms with Crippen LogP contribution in [0.3, 0.4) is 0 Å². The first kappa shape index (κ1) is 33.1. The van der Waals surface area contributed by atoms with Gasteiger partial charge >= 0.3 is 0 Å². The third-order valence-corrected chi connectivity index (χ3v) is 8.48. The van der Waals surface area contributed by atoms with Crippen molar-refractivity contribution < 1.29 is 9.59 Å². The smallest absolute Gasteiger partial charge is 0.221 e. The van der Waals surface area contributed by atoms with Gasteiger partial charge in [-0.25, -0.2) is 0 Å². The number of rotatable bonds is 21. The average Bonchev–Trinajstić information content (AvgIpc) is 2.91. The van der Waals surface area contributed by atoms with Gasteiger partial charge in [0.1, 0.15) is 5.78 Å². The topological polar surface area (TPSA) is 117 Å². The highest BCUT2D eigenvalue weighted by Crippen LogP contribution is 2.27. The predicted octanol–water partition coefficient (Wildman–Crippen LogP) is 3.88. The third kappa shape index (κ3) is 16.6. The molecule has 8 heteroatoms. The maximum absolute atomic E-state index is 12.2. The van der Waals surface area contributed by atoms with Gasteiger partial charge in [0.25, 0.3) is 0 Å². The molecule has 0 unspecified atom stereocenters. The molecule has 0 aromatic rings. The SMILES string of the molecule is C=C(N)CCCCCC(=O)CCN1CCC(CCCC2CCN(CCC(=O)NCCCNC(=C)N)CC2)CC1. The van der Waals surface area contributed by atoms with Crippen molar-refractivity contribution in [3.63, 3.8) is 0 Å². The normalized spacial score (nSPS) is 17.6. The number of unbranched alkanes of at least 4 members (excludes halogenated alkanes) is 2. The number of allylic oxidation sites excluding steroid dienone is 1. The van der Waals surface area contributed by atoms with Crippen LogP contribution in [-0.2, 0) is 9.59 Å². The first-order valence-corrected chi connectivity index (χ1v) is 15.7. The summed E-state index contributed by atoms with van der Waals surface area (Å²) in [6.45, 7) is 15.1. The number of ketones is 1. The first-order chi connectivity index (χ1) is 18.8. The number of carbonyl (C=O) groups excluding carboxylic acids is 2. The van der Waals surface area contributed by atoms with Gasteiger partial charge in [-0.2, -0.15) is 0 Å². The van der Waals surface area contributed by atoms with Crippen molar-refractivity contribution in [1.82, 2.24) is 20.4 Å². The van der Waals surface area contributed by atoms with Crippen LogP contribution in [-0.4, -0.2) is 73.8 Å². The second-order valence-corrected chi connectivity index (χ2v) is 11.9. The van der Waals surface area contributed by atoms with E-state index in [9.17, 15) is 9.59 Å². The monoisotopic (exact) mass is 546 g/mol. The third-order valence-electron chi connectivity index (χ3n) is 8.48. The van der Waals surface area contributed by atoms with Gasteiger partial charge in [0.05, 0.1) is 5.82 Å². The van der Waals surface area contributed by atoms with E-state index < -0.39 is 0 Å². The van der Waals surface area contributed by atoms with Crippen LogP contribution in [0.2, 0.25) is 0 Å². The van der Waals surface area contributed by atoms with E-state index in [1.54, 1.807) is 0 Å². The first-order valence-electron chi connectivity index (χ1n) is 15.7. The molecule has 0 radical (unpaired) electrons. The Morgan fingerprint density at radius 3 is 1.77 bits per heavy atom. The number of hydrogen-bond acceptors (Lipinski definition) is 7. The van der Waals surface area contributed by atoms with Crippen LogP contribution in [0, 0.1) is 11.8 Å². The second-order valence-electron chi connectivity index (χ2n) is 11.9. The summed E-state index contributed by atoms with van der Waals surface area (Å²) in [7, 11) is 0. The van der Waals surface area contributed by atoms with E-state index in [-0.39, 0.29) is 5.91 Å². The summed E-state index contributed by atoms with van der Waals surface area (Å²) in [4.78, 5) is 29.2. The van der Waals surface area contributed by atoms with E-state index in [1.165, 1.54) is 44.9 Å². The Hall–Kier alpha value is -2.06. The number of hydrogen-bond donors (Lipinski definition) is 4. The lowest BCUT2D eigenvalue weighted by atomic mass is 9.87. The Balaban J connectivity index is 1.42. The maximum Gasteiger partial charge on any atom is 0.221 e. The molecule has 2 rings (SSSR count). The second kappa shape index (κ2) is 19.9. The Bertz CT molecular complexity index is 667. The molecule has 0 aromatic heterocycles. The van der Waals surface area contributed by atoms with Crippen molar-refractivity contribution in [3.05, 3.63) is 24.7 Å². The number of likely N-dealkylation sites (tertiary alicyclic amines) is 2. The quantitative estimate of drug-likeness (QED) is 0.161. The molecule has 8 nitrogen and oxygen atoms in total. The van der Waals surface area contributed by atoms with Crippen LogP contribution >= 0.6 is 0 Å². The Morgan fingerprint density at radius 1 is 0.667 bits per heavy atom. The van der Waals surface area contributed by atoms with Crippen LogP contribution in [0.5, 0.6) is 0 Å². The van der Waals surface area contributed by atoms with Gasteiger partial charge in [0.15, 0.2) is 0 Å². The fourth-order valence-corrected chi connectivity index (χ4v) is 5.86. The van der Waals surface area contributed by atoms with Crippen molar-refractivity contribution in [3.8, 4) is 0 Å². The molecule has 0 aromatic carbocycles. The van der Waals surface area contributed by atoms with E-state index >= 15 is 0 Å². The molecule has 2 aliphatic rings. The molecule has 224 valence electrons. The van der Waals surface area contributed by atoms with E-state index in [0.717, 1.165) is 95.5 Å². The number of nitrogens with one attached hydrogen (secondary N) is 2. The Labute approximate surface area is 238 Å². The van der Waals surface area contributed by atoms with Gasteiger partial charge < -0.3 is 31.9 Å². The van der Waals surface area contributed by atoms with E-state index in [1.807, 2.05) is 0 Å². The predicted molar refractivity (Wildman–Crippen MR) is 162 cm³/mol. The van der Waals surface area contributed by atoms with Crippen LogP contribution in [0.15, 0.2) is 24.7 Å². The minimum atomic E-state index is 0.141. The molecule has 0 spiro atoms. The molecule has 0 aliphatic carbocycles. The zero-order valence-corrected chi connectivity index (χ0v) is 24.7. The van der Waals surface area contributed by atoms with Crippen LogP contribution < -0.4 is 22.1 Å². The molecule has 0 saturated carbocycles. The lowest BCUT2D eigenvalue weighted by molar-refractivity contribution is -0.121. The molecular weight excluding hydrogens is 488 g/mol. The van der Waals surface area contributed by atoms with Gasteiger partial charge in [-0.15, -0.1) is 0 Å². The highest BCUT2D eigenvalue weighted by atomic mass is 16.1. The molecule has 2 heterocycles. The lowest BCUT2D eigenvalue weighted by Crippen LogP contribution is -2.37. The number of nitrogens with two attached hydrogens (primary N) is 2. The van der Waals surface area contributed by atoms with E-state index in [0.29, 0.717) is 37.4 Å². The van der Waals surface area contributed by atoms with Crippen LogP contribution in [0.4, 0.5) is 0 Å². The van der Waals surface area contributed by atoms with Crippen molar-refractivity contribution in [2.75, 3.05) is 52.4 Å². The van der Waals surface area contributed by atoms with Crippen LogP contribution in [0.1, 0.15) is 96.3 Å². The molecule has 2 fully saturated rings. The number of Topliss-reactive ketones (excluding diaryl/α,β-unsaturated/α-hetero) is 1. The highest BCUT2D eigenvalue weighted by molar-refractivity contribution is 5.78. The zero-order chi connectivity index (χ0) is 28.3. The highest BCUT2D eigenvalue weighted by Gasteiger charge is 2.22. The largest absolute Gasteiger partial charge is 0.403 e. The summed E-state index contributed by atoms with van der Waals surface area (Å²) in [5.41, 5.74) is 11.8. The molecule has 2 saturated heterocycles. The van der Waals surface area contributed by atoms with E-state index in [4.69, 9.17) is 11.5 Å². The molecule has 0 bridgehead atoms. The molecular formula is C31H58N6O2. The van der Waals surface area contributed by atoms with Crippen LogP contribution in [0.25, 0.3) is 0 Å². The number of piperidine rings is 2. The van der Waals surface area contributed by atoms with Crippen molar-refractivity contribution >= 4 is 11.7 Å². The molecule has 39 heavy (non-hydrogen) atoms. The fraction of sp³-hybridized carbons (Fsp3) is 0.806. The summed E-state index contributed by atoms with van der Waals surface area (Å²) in [5, 5.41) is 5.96. The molecule has 0 atom stereocenters. The molecule has 1 amide bonds. The summed E-state index contributed by atoms with van der Waals surface area (Å²) in [6, 6.07) is 0. The molecule has 2 aliphatic heterocycles. The standard InChI is InChI=1S/C31H58N6O2/c1-26(32)8-4-3-5-11-30(38)16-24-36-20-12-28(13-21-36)9-6-10-29-14-22-37(23-15-29)25-17-31(39)35-19-7-18-34-27(2)33/h28-29,34H,1-25,32-33H2,(H,35,39). The summed E-state index contributed by atoms with van der Waals surface area (Å²) < 4.78 is 0. The average molecular weight is 547 g/mol. The summed E-state index contributed by atoms with van der Waals surface area (Å²) in [5.74, 6) is 2.73. The fourth-order valence-electron chi connectivity index (χ4n) is 5.86. The van der Waals surface area contributed by atoms with Crippen molar-refractivity contribution in [1.29, 1.82) is 0 Å². The molecule has 6 N–H and O–H groups in total.